The monoisotopic (exact) mass is 213 g/mol. The second-order valence-corrected chi connectivity index (χ2v) is 3.56. The molecule has 1 unspecified atom stereocenters. The fourth-order valence-corrected chi connectivity index (χ4v) is 1.78. The summed E-state index contributed by atoms with van der Waals surface area (Å²) in [5.41, 5.74) is 0.293. The average molecular weight is 213 g/mol. The first kappa shape index (κ1) is 11.7. The van der Waals surface area contributed by atoms with Gasteiger partial charge in [-0.15, -0.1) is 0 Å². The van der Waals surface area contributed by atoms with Crippen LogP contribution in [0.25, 0.3) is 0 Å². The molecule has 1 aliphatic rings. The minimum atomic E-state index is -0.958. The summed E-state index contributed by atoms with van der Waals surface area (Å²) in [5, 5.41) is 17.7. The molecule has 0 aliphatic carbocycles. The smallest absolute Gasteiger partial charge is 0.332 e. The van der Waals surface area contributed by atoms with Crippen LogP contribution in [0.3, 0.4) is 0 Å². The van der Waals surface area contributed by atoms with Crippen molar-refractivity contribution in [2.24, 2.45) is 0 Å². The Hall–Kier alpha value is -1.36. The van der Waals surface area contributed by atoms with Gasteiger partial charge in [-0.05, 0) is 12.8 Å². The number of carboxylic acid groups (broad SMARTS) is 2. The van der Waals surface area contributed by atoms with E-state index in [1.807, 2.05) is 0 Å². The van der Waals surface area contributed by atoms with Crippen LogP contribution in [-0.4, -0.2) is 46.2 Å². The Labute approximate surface area is 88.0 Å². The molecule has 0 aromatic rings. The number of carboxylic acids is 2. The van der Waals surface area contributed by atoms with Gasteiger partial charge in [0.1, 0.15) is 6.04 Å². The van der Waals surface area contributed by atoms with Crippen molar-refractivity contribution in [3.8, 4) is 0 Å². The van der Waals surface area contributed by atoms with Gasteiger partial charge in [-0.25, -0.2) is 4.79 Å². The molecule has 2 N–H and O–H groups in total. The standard InChI is InChI=1S/C10H15NO4/c1-2-8(10(14)15)11-5-3-4-7(6-11)9(12)13/h4,8H,2-3,5-6H2,1H3,(H,12,13)(H,14,15). The predicted molar refractivity (Wildman–Crippen MR) is 53.6 cm³/mol. The molecule has 0 saturated carbocycles. The predicted octanol–water partition coefficient (Wildman–Crippen LogP) is 0.566. The number of hydrogen-bond donors (Lipinski definition) is 2. The van der Waals surface area contributed by atoms with E-state index in [0.717, 1.165) is 0 Å². The van der Waals surface area contributed by atoms with Crippen molar-refractivity contribution >= 4 is 11.9 Å². The number of rotatable bonds is 4. The summed E-state index contributed by atoms with van der Waals surface area (Å²) in [6.07, 6.45) is 2.75. The molecule has 0 radical (unpaired) electrons. The van der Waals surface area contributed by atoms with Crippen molar-refractivity contribution in [1.29, 1.82) is 0 Å². The van der Waals surface area contributed by atoms with E-state index >= 15 is 0 Å². The summed E-state index contributed by atoms with van der Waals surface area (Å²) < 4.78 is 0. The first-order chi connectivity index (χ1) is 7.06. The van der Waals surface area contributed by atoms with E-state index in [1.165, 1.54) is 0 Å². The molecule has 1 rings (SSSR count). The largest absolute Gasteiger partial charge is 0.480 e. The van der Waals surface area contributed by atoms with Gasteiger partial charge in [0.15, 0.2) is 0 Å². The van der Waals surface area contributed by atoms with E-state index in [4.69, 9.17) is 10.2 Å². The van der Waals surface area contributed by atoms with Crippen molar-refractivity contribution in [1.82, 2.24) is 4.90 Å². The van der Waals surface area contributed by atoms with Crippen molar-refractivity contribution in [2.45, 2.75) is 25.8 Å². The lowest BCUT2D eigenvalue weighted by Gasteiger charge is -2.30. The Morgan fingerprint density at radius 1 is 1.53 bits per heavy atom. The van der Waals surface area contributed by atoms with Gasteiger partial charge in [-0.3, -0.25) is 9.69 Å². The van der Waals surface area contributed by atoms with Crippen LogP contribution in [0, 0.1) is 0 Å². The zero-order chi connectivity index (χ0) is 11.4. The van der Waals surface area contributed by atoms with Gasteiger partial charge < -0.3 is 10.2 Å². The third-order valence-electron chi connectivity index (χ3n) is 2.57. The summed E-state index contributed by atoms with van der Waals surface area (Å²) >= 11 is 0. The molecular formula is C10H15NO4. The van der Waals surface area contributed by atoms with Crippen LogP contribution in [-0.2, 0) is 9.59 Å². The lowest BCUT2D eigenvalue weighted by Crippen LogP contribution is -2.44. The fourth-order valence-electron chi connectivity index (χ4n) is 1.78. The summed E-state index contributed by atoms with van der Waals surface area (Å²) in [4.78, 5) is 23.3. The molecule has 0 aromatic heterocycles. The lowest BCUT2D eigenvalue weighted by molar-refractivity contribution is -0.144. The molecule has 5 nitrogen and oxygen atoms in total. The first-order valence-corrected chi connectivity index (χ1v) is 4.95. The zero-order valence-corrected chi connectivity index (χ0v) is 8.64. The Balaban J connectivity index is 2.70. The van der Waals surface area contributed by atoms with Gasteiger partial charge in [0.2, 0.25) is 0 Å². The summed E-state index contributed by atoms with van der Waals surface area (Å²) in [5.74, 6) is -1.84. The maximum Gasteiger partial charge on any atom is 0.332 e. The van der Waals surface area contributed by atoms with Crippen LogP contribution in [0.2, 0.25) is 0 Å². The highest BCUT2D eigenvalue weighted by atomic mass is 16.4. The van der Waals surface area contributed by atoms with Gasteiger partial charge in [0.25, 0.3) is 0 Å². The highest BCUT2D eigenvalue weighted by molar-refractivity contribution is 5.87. The van der Waals surface area contributed by atoms with Crippen LogP contribution in [0.1, 0.15) is 19.8 Å². The number of carbonyl (C=O) groups is 2. The SMILES string of the molecule is CCC(C(=O)O)N1CCC=C(C(=O)O)C1. The van der Waals surface area contributed by atoms with Crippen molar-refractivity contribution in [3.63, 3.8) is 0 Å². The van der Waals surface area contributed by atoms with E-state index in [1.54, 1.807) is 17.9 Å². The Bertz CT molecular complexity index is 298. The third kappa shape index (κ3) is 2.79. The maximum atomic E-state index is 10.9. The minimum absolute atomic E-state index is 0.222. The maximum absolute atomic E-state index is 10.9. The fraction of sp³-hybridized carbons (Fsp3) is 0.600. The summed E-state index contributed by atoms with van der Waals surface area (Å²) in [6, 6.07) is -0.576. The van der Waals surface area contributed by atoms with Gasteiger partial charge in [0.05, 0.1) is 0 Å². The van der Waals surface area contributed by atoms with Crippen LogP contribution in [0.15, 0.2) is 11.6 Å². The Morgan fingerprint density at radius 3 is 2.67 bits per heavy atom. The molecule has 5 heteroatoms. The molecule has 1 heterocycles. The van der Waals surface area contributed by atoms with Crippen LogP contribution >= 0.6 is 0 Å². The Kier molecular flexibility index (Phi) is 3.85. The quantitative estimate of drug-likeness (QED) is 0.713. The molecule has 0 amide bonds. The first-order valence-electron chi connectivity index (χ1n) is 4.95. The third-order valence-corrected chi connectivity index (χ3v) is 2.57. The molecule has 0 spiro atoms. The molecule has 84 valence electrons. The van der Waals surface area contributed by atoms with Crippen molar-refractivity contribution in [3.05, 3.63) is 11.6 Å². The molecule has 0 bridgehead atoms. The van der Waals surface area contributed by atoms with Gasteiger partial charge >= 0.3 is 11.9 Å². The number of aliphatic carboxylic acids is 2. The topological polar surface area (TPSA) is 77.8 Å². The Morgan fingerprint density at radius 2 is 2.20 bits per heavy atom. The number of hydrogen-bond acceptors (Lipinski definition) is 3. The van der Waals surface area contributed by atoms with E-state index < -0.39 is 18.0 Å². The molecule has 15 heavy (non-hydrogen) atoms. The van der Waals surface area contributed by atoms with Gasteiger partial charge in [-0.1, -0.05) is 13.0 Å². The highest BCUT2D eigenvalue weighted by Crippen LogP contribution is 2.14. The molecule has 1 aliphatic heterocycles. The summed E-state index contributed by atoms with van der Waals surface area (Å²) in [6.45, 7) is 2.62. The number of nitrogens with zero attached hydrogens (tertiary/aromatic N) is 1. The van der Waals surface area contributed by atoms with Gasteiger partial charge in [-0.2, -0.15) is 0 Å². The average Bonchev–Trinajstić information content (AvgIpc) is 2.18. The van der Waals surface area contributed by atoms with Crippen LogP contribution < -0.4 is 0 Å². The second kappa shape index (κ2) is 4.93. The summed E-state index contributed by atoms with van der Waals surface area (Å²) in [7, 11) is 0. The van der Waals surface area contributed by atoms with Crippen molar-refractivity contribution in [2.75, 3.05) is 13.1 Å². The second-order valence-electron chi connectivity index (χ2n) is 3.56. The molecule has 0 saturated heterocycles. The molecule has 0 aromatic carbocycles. The van der Waals surface area contributed by atoms with Gasteiger partial charge in [0, 0.05) is 18.7 Å². The van der Waals surface area contributed by atoms with E-state index in [-0.39, 0.29) is 6.54 Å². The zero-order valence-electron chi connectivity index (χ0n) is 8.64. The highest BCUT2D eigenvalue weighted by Gasteiger charge is 2.27. The van der Waals surface area contributed by atoms with Crippen LogP contribution in [0.5, 0.6) is 0 Å². The molecule has 0 fully saturated rings. The normalized spacial score (nSPS) is 19.4. The molecular weight excluding hydrogens is 198 g/mol. The minimum Gasteiger partial charge on any atom is -0.480 e. The molecule has 1 atom stereocenters. The van der Waals surface area contributed by atoms with E-state index in [0.29, 0.717) is 25.0 Å². The van der Waals surface area contributed by atoms with E-state index in [9.17, 15) is 9.59 Å². The lowest BCUT2D eigenvalue weighted by atomic mass is 10.1. The van der Waals surface area contributed by atoms with Crippen molar-refractivity contribution < 1.29 is 19.8 Å². The van der Waals surface area contributed by atoms with Crippen LogP contribution in [0.4, 0.5) is 0 Å². The van der Waals surface area contributed by atoms with E-state index in [2.05, 4.69) is 0 Å².